The van der Waals surface area contributed by atoms with Crippen molar-refractivity contribution in [3.05, 3.63) is 28.2 Å². The molecule has 0 bridgehead atoms. The van der Waals surface area contributed by atoms with Gasteiger partial charge in [-0.05, 0) is 34.5 Å². The third-order valence-corrected chi connectivity index (χ3v) is 3.43. The third kappa shape index (κ3) is 3.63. The van der Waals surface area contributed by atoms with E-state index in [0.717, 1.165) is 5.56 Å². The van der Waals surface area contributed by atoms with Gasteiger partial charge < -0.3 is 10.4 Å². The Labute approximate surface area is 110 Å². The second kappa shape index (κ2) is 5.60. The summed E-state index contributed by atoms with van der Waals surface area (Å²) in [6.07, 6.45) is -4.77. The number of aryl methyl sites for hydroxylation is 1. The molecule has 0 saturated heterocycles. The van der Waals surface area contributed by atoms with Crippen molar-refractivity contribution >= 4 is 27.6 Å². The predicted octanol–water partition coefficient (Wildman–Crippen LogP) is 3.43. The summed E-state index contributed by atoms with van der Waals surface area (Å²) in [5.41, 5.74) is 1.28. The largest absolute Gasteiger partial charge is 0.481 e. The predicted molar refractivity (Wildman–Crippen MR) is 64.5 cm³/mol. The van der Waals surface area contributed by atoms with Gasteiger partial charge in [0, 0.05) is 16.7 Å². The van der Waals surface area contributed by atoms with Crippen molar-refractivity contribution in [3.63, 3.8) is 0 Å². The summed E-state index contributed by atoms with van der Waals surface area (Å²) in [6.45, 7) is 1.08. The second-order valence-electron chi connectivity index (χ2n) is 3.75. The van der Waals surface area contributed by atoms with Gasteiger partial charge in [0.2, 0.25) is 0 Å². The molecule has 1 unspecified atom stereocenters. The van der Waals surface area contributed by atoms with Crippen LogP contribution in [0.25, 0.3) is 0 Å². The number of hydrogen-bond acceptors (Lipinski definition) is 2. The molecule has 0 spiro atoms. The van der Waals surface area contributed by atoms with Crippen LogP contribution in [0.1, 0.15) is 5.56 Å². The Morgan fingerprint density at radius 3 is 2.61 bits per heavy atom. The van der Waals surface area contributed by atoms with Crippen LogP contribution in [0, 0.1) is 12.8 Å². The first-order valence-corrected chi connectivity index (χ1v) is 5.81. The lowest BCUT2D eigenvalue weighted by Crippen LogP contribution is -2.36. The van der Waals surface area contributed by atoms with Gasteiger partial charge in [0.15, 0.2) is 5.92 Å². The number of carboxylic acid groups (broad SMARTS) is 1. The van der Waals surface area contributed by atoms with E-state index in [-0.39, 0.29) is 0 Å². The highest BCUT2D eigenvalue weighted by molar-refractivity contribution is 9.10. The fourth-order valence-electron chi connectivity index (χ4n) is 1.34. The van der Waals surface area contributed by atoms with E-state index < -0.39 is 24.6 Å². The molecule has 0 aromatic heterocycles. The maximum atomic E-state index is 12.4. The van der Waals surface area contributed by atoms with Gasteiger partial charge >= 0.3 is 12.1 Å². The summed E-state index contributed by atoms with van der Waals surface area (Å²) in [7, 11) is 0. The summed E-state index contributed by atoms with van der Waals surface area (Å²) < 4.78 is 37.9. The summed E-state index contributed by atoms with van der Waals surface area (Å²) >= 11 is 3.23. The van der Waals surface area contributed by atoms with Crippen molar-refractivity contribution in [1.29, 1.82) is 0 Å². The van der Waals surface area contributed by atoms with Gasteiger partial charge in [-0.15, -0.1) is 0 Å². The lowest BCUT2D eigenvalue weighted by molar-refractivity contribution is -0.190. The van der Waals surface area contributed by atoms with Crippen LogP contribution >= 0.6 is 15.9 Å². The highest BCUT2D eigenvalue weighted by atomic mass is 79.9. The summed E-state index contributed by atoms with van der Waals surface area (Å²) in [4.78, 5) is 10.5. The van der Waals surface area contributed by atoms with Gasteiger partial charge in [0.1, 0.15) is 0 Å². The average Bonchev–Trinajstić information content (AvgIpc) is 2.22. The lowest BCUT2D eigenvalue weighted by atomic mass is 10.1. The normalized spacial score (nSPS) is 13.2. The highest BCUT2D eigenvalue weighted by Gasteiger charge is 2.44. The number of nitrogens with one attached hydrogen (secondary N) is 1. The molecule has 3 nitrogen and oxygen atoms in total. The van der Waals surface area contributed by atoms with Crippen LogP contribution in [0.15, 0.2) is 22.7 Å². The molecule has 0 aliphatic heterocycles. The molecule has 1 atom stereocenters. The maximum Gasteiger partial charge on any atom is 0.403 e. The number of carboxylic acids is 1. The first kappa shape index (κ1) is 14.8. The Morgan fingerprint density at radius 1 is 1.50 bits per heavy atom. The lowest BCUT2D eigenvalue weighted by Gasteiger charge is -2.18. The SMILES string of the molecule is Cc1cccc(NCC(C(=O)O)C(F)(F)F)c1Br. The van der Waals surface area contributed by atoms with E-state index >= 15 is 0 Å². The first-order valence-electron chi connectivity index (χ1n) is 5.02. The first-order chi connectivity index (χ1) is 8.23. The van der Waals surface area contributed by atoms with E-state index in [1.54, 1.807) is 25.1 Å². The monoisotopic (exact) mass is 325 g/mol. The molecule has 0 saturated carbocycles. The van der Waals surface area contributed by atoms with E-state index in [1.807, 2.05) is 0 Å². The molecule has 0 aliphatic carbocycles. The van der Waals surface area contributed by atoms with Crippen LogP contribution in [0.5, 0.6) is 0 Å². The van der Waals surface area contributed by atoms with Gasteiger partial charge in [-0.25, -0.2) is 0 Å². The summed E-state index contributed by atoms with van der Waals surface area (Å²) in [6, 6.07) is 5.03. The minimum absolute atomic E-state index is 0.436. The zero-order chi connectivity index (χ0) is 13.9. The molecule has 1 rings (SSSR count). The number of alkyl halides is 3. The maximum absolute atomic E-state index is 12.4. The average molecular weight is 326 g/mol. The number of carbonyl (C=O) groups is 1. The van der Waals surface area contributed by atoms with E-state index in [9.17, 15) is 18.0 Å². The van der Waals surface area contributed by atoms with Crippen LogP contribution in [-0.2, 0) is 4.79 Å². The molecule has 1 aromatic carbocycles. The van der Waals surface area contributed by atoms with Crippen molar-refractivity contribution < 1.29 is 23.1 Å². The third-order valence-electron chi connectivity index (χ3n) is 2.38. The Kier molecular flexibility index (Phi) is 4.61. The molecule has 0 radical (unpaired) electrons. The van der Waals surface area contributed by atoms with Crippen LogP contribution in [0.2, 0.25) is 0 Å². The van der Waals surface area contributed by atoms with Gasteiger partial charge in [-0.2, -0.15) is 13.2 Å². The highest BCUT2D eigenvalue weighted by Crippen LogP contribution is 2.29. The molecule has 100 valence electrons. The van der Waals surface area contributed by atoms with Gasteiger partial charge in [-0.3, -0.25) is 4.79 Å². The number of anilines is 1. The van der Waals surface area contributed by atoms with Crippen molar-refractivity contribution in [2.75, 3.05) is 11.9 Å². The molecule has 0 amide bonds. The molecule has 7 heteroatoms. The van der Waals surface area contributed by atoms with Crippen LogP contribution in [0.3, 0.4) is 0 Å². The quantitative estimate of drug-likeness (QED) is 0.891. The molecule has 18 heavy (non-hydrogen) atoms. The van der Waals surface area contributed by atoms with E-state index in [0.29, 0.717) is 10.2 Å². The van der Waals surface area contributed by atoms with Crippen molar-refractivity contribution in [1.82, 2.24) is 0 Å². The van der Waals surface area contributed by atoms with E-state index in [1.165, 1.54) is 0 Å². The number of benzene rings is 1. The van der Waals surface area contributed by atoms with Crippen molar-refractivity contribution in [3.8, 4) is 0 Å². The zero-order valence-corrected chi connectivity index (χ0v) is 11.0. The molecule has 2 N–H and O–H groups in total. The topological polar surface area (TPSA) is 49.3 Å². The van der Waals surface area contributed by atoms with Crippen molar-refractivity contribution in [2.24, 2.45) is 5.92 Å². The number of rotatable bonds is 4. The van der Waals surface area contributed by atoms with E-state index in [2.05, 4.69) is 21.2 Å². The fraction of sp³-hybridized carbons (Fsp3) is 0.364. The number of halogens is 4. The number of aliphatic carboxylic acids is 1. The molecule has 0 aliphatic rings. The minimum atomic E-state index is -4.77. The minimum Gasteiger partial charge on any atom is -0.481 e. The van der Waals surface area contributed by atoms with Crippen molar-refractivity contribution in [2.45, 2.75) is 13.1 Å². The smallest absolute Gasteiger partial charge is 0.403 e. The fourth-order valence-corrected chi connectivity index (χ4v) is 1.74. The second-order valence-corrected chi connectivity index (χ2v) is 4.54. The van der Waals surface area contributed by atoms with Gasteiger partial charge in [0.05, 0.1) is 0 Å². The summed E-state index contributed by atoms with van der Waals surface area (Å²) in [5.74, 6) is -4.32. The van der Waals surface area contributed by atoms with Gasteiger partial charge in [-0.1, -0.05) is 12.1 Å². The zero-order valence-electron chi connectivity index (χ0n) is 9.38. The van der Waals surface area contributed by atoms with Crippen LogP contribution in [0.4, 0.5) is 18.9 Å². The molecular formula is C11H11BrF3NO2. The number of hydrogen-bond donors (Lipinski definition) is 2. The Bertz CT molecular complexity index is 448. The Balaban J connectivity index is 2.80. The molecule has 0 fully saturated rings. The Hall–Kier alpha value is -1.24. The van der Waals surface area contributed by atoms with E-state index in [4.69, 9.17) is 5.11 Å². The molecular weight excluding hydrogens is 315 g/mol. The van der Waals surface area contributed by atoms with Crippen LogP contribution < -0.4 is 5.32 Å². The molecule has 0 heterocycles. The molecule has 1 aromatic rings. The summed E-state index contributed by atoms with van der Waals surface area (Å²) in [5, 5.41) is 11.0. The van der Waals surface area contributed by atoms with Crippen LogP contribution in [-0.4, -0.2) is 23.8 Å². The standard InChI is InChI=1S/C11H11BrF3NO2/c1-6-3-2-4-8(9(6)12)16-5-7(10(17)18)11(13,14)15/h2-4,7,16H,5H2,1H3,(H,17,18). The Morgan fingerprint density at radius 2 is 2.11 bits per heavy atom. The van der Waals surface area contributed by atoms with Gasteiger partial charge in [0.25, 0.3) is 0 Å².